The lowest BCUT2D eigenvalue weighted by atomic mass is 10.2. The van der Waals surface area contributed by atoms with Gasteiger partial charge in [0, 0.05) is 17.5 Å². The molecule has 9 heteroatoms. The second-order valence-electron chi connectivity index (χ2n) is 4.46. The first kappa shape index (κ1) is 17.7. The van der Waals surface area contributed by atoms with Gasteiger partial charge in [-0.1, -0.05) is 0 Å². The number of hydrogen-bond acceptors (Lipinski definition) is 6. The van der Waals surface area contributed by atoms with E-state index in [4.69, 9.17) is 4.74 Å². The normalized spacial score (nSPS) is 12.1. The van der Waals surface area contributed by atoms with E-state index in [0.29, 0.717) is 17.9 Å². The van der Waals surface area contributed by atoms with Crippen LogP contribution < -0.4 is 9.46 Å². The standard InChI is InChI=1S/C12H19NO6S2/c1-3-19-12-5-4-11(8-10(12)9-14)13-21(17,18)7-6-20(2,15)16/h4-5,8,13-14H,3,6-7,9H2,1-2H3. The van der Waals surface area contributed by atoms with Gasteiger partial charge in [0.15, 0.2) is 0 Å². The van der Waals surface area contributed by atoms with E-state index in [2.05, 4.69) is 4.72 Å². The molecule has 1 aromatic rings. The third-order valence-corrected chi connectivity index (χ3v) is 5.02. The third-order valence-electron chi connectivity index (χ3n) is 2.53. The van der Waals surface area contributed by atoms with Crippen molar-refractivity contribution in [3.63, 3.8) is 0 Å². The van der Waals surface area contributed by atoms with Crippen molar-refractivity contribution >= 4 is 25.5 Å². The summed E-state index contributed by atoms with van der Waals surface area (Å²) in [6.45, 7) is 1.92. The number of hydrogen-bond donors (Lipinski definition) is 2. The molecule has 2 N–H and O–H groups in total. The molecule has 0 radical (unpaired) electrons. The van der Waals surface area contributed by atoms with Gasteiger partial charge in [0.25, 0.3) is 0 Å². The number of rotatable bonds is 8. The number of aliphatic hydroxyl groups is 1. The number of anilines is 1. The van der Waals surface area contributed by atoms with E-state index in [-0.39, 0.29) is 12.3 Å². The molecule has 0 bridgehead atoms. The molecule has 1 rings (SSSR count). The summed E-state index contributed by atoms with van der Waals surface area (Å²) in [4.78, 5) is 0. The topological polar surface area (TPSA) is 110 Å². The van der Waals surface area contributed by atoms with Gasteiger partial charge in [-0.2, -0.15) is 0 Å². The van der Waals surface area contributed by atoms with Gasteiger partial charge < -0.3 is 9.84 Å². The number of aliphatic hydroxyl groups excluding tert-OH is 1. The molecule has 0 aliphatic heterocycles. The minimum absolute atomic E-state index is 0.246. The molecule has 0 saturated heterocycles. The molecule has 0 aliphatic rings. The lowest BCUT2D eigenvalue weighted by molar-refractivity contribution is 0.267. The van der Waals surface area contributed by atoms with E-state index in [1.807, 2.05) is 0 Å². The zero-order valence-electron chi connectivity index (χ0n) is 11.9. The molecule has 1 aromatic carbocycles. The largest absolute Gasteiger partial charge is 0.494 e. The Morgan fingerprint density at radius 1 is 1.19 bits per heavy atom. The summed E-state index contributed by atoms with van der Waals surface area (Å²) in [5.41, 5.74) is 0.691. The molecule has 0 heterocycles. The summed E-state index contributed by atoms with van der Waals surface area (Å²) >= 11 is 0. The van der Waals surface area contributed by atoms with Gasteiger partial charge in [-0.05, 0) is 25.1 Å². The SMILES string of the molecule is CCOc1ccc(NS(=O)(=O)CCS(C)(=O)=O)cc1CO. The maximum Gasteiger partial charge on any atom is 0.233 e. The van der Waals surface area contributed by atoms with Gasteiger partial charge >= 0.3 is 0 Å². The fraction of sp³-hybridized carbons (Fsp3) is 0.500. The average Bonchev–Trinajstić information content (AvgIpc) is 2.37. The lowest BCUT2D eigenvalue weighted by Crippen LogP contribution is -2.22. The summed E-state index contributed by atoms with van der Waals surface area (Å²) in [5, 5.41) is 9.24. The Hall–Kier alpha value is -1.32. The first-order valence-corrected chi connectivity index (χ1v) is 9.93. The van der Waals surface area contributed by atoms with Crippen LogP contribution in [0, 0.1) is 0 Å². The molecule has 0 spiro atoms. The third kappa shape index (κ3) is 6.32. The molecule has 7 nitrogen and oxygen atoms in total. The summed E-state index contributed by atoms with van der Waals surface area (Å²) < 4.78 is 53.2. The number of benzene rings is 1. The van der Waals surface area contributed by atoms with E-state index < -0.39 is 31.4 Å². The van der Waals surface area contributed by atoms with Gasteiger partial charge in [-0.25, -0.2) is 16.8 Å². The Labute approximate surface area is 124 Å². The van der Waals surface area contributed by atoms with Crippen LogP contribution in [0.25, 0.3) is 0 Å². The van der Waals surface area contributed by atoms with Gasteiger partial charge in [-0.3, -0.25) is 4.72 Å². The zero-order chi connectivity index (χ0) is 16.1. The fourth-order valence-electron chi connectivity index (χ4n) is 1.55. The summed E-state index contributed by atoms with van der Waals surface area (Å²) in [7, 11) is -7.13. The van der Waals surface area contributed by atoms with E-state index in [9.17, 15) is 21.9 Å². The van der Waals surface area contributed by atoms with Crippen molar-refractivity contribution in [2.45, 2.75) is 13.5 Å². The van der Waals surface area contributed by atoms with Crippen LogP contribution in [0.15, 0.2) is 18.2 Å². The van der Waals surface area contributed by atoms with Gasteiger partial charge in [0.1, 0.15) is 15.6 Å². The number of sulfonamides is 1. The Morgan fingerprint density at radius 2 is 1.86 bits per heavy atom. The van der Waals surface area contributed by atoms with Gasteiger partial charge in [0.05, 0.1) is 24.7 Å². The number of sulfone groups is 1. The van der Waals surface area contributed by atoms with E-state index >= 15 is 0 Å². The van der Waals surface area contributed by atoms with Crippen LogP contribution in [0.1, 0.15) is 12.5 Å². The zero-order valence-corrected chi connectivity index (χ0v) is 13.5. The van der Waals surface area contributed by atoms with Gasteiger partial charge in [-0.15, -0.1) is 0 Å². The highest BCUT2D eigenvalue weighted by atomic mass is 32.2. The minimum Gasteiger partial charge on any atom is -0.494 e. The van der Waals surface area contributed by atoms with Crippen molar-refractivity contribution in [1.29, 1.82) is 0 Å². The van der Waals surface area contributed by atoms with Crippen molar-refractivity contribution in [2.24, 2.45) is 0 Å². The minimum atomic E-state index is -3.77. The Kier molecular flexibility index (Phi) is 5.99. The van der Waals surface area contributed by atoms with E-state index in [1.54, 1.807) is 13.0 Å². The lowest BCUT2D eigenvalue weighted by Gasteiger charge is -2.12. The van der Waals surface area contributed by atoms with Crippen LogP contribution in [0.2, 0.25) is 0 Å². The first-order chi connectivity index (χ1) is 9.67. The molecule has 0 fully saturated rings. The van der Waals surface area contributed by atoms with Gasteiger partial charge in [0.2, 0.25) is 10.0 Å². The summed E-state index contributed by atoms with van der Waals surface area (Å²) in [6, 6.07) is 4.48. The van der Waals surface area contributed by atoms with Crippen LogP contribution in [0.4, 0.5) is 5.69 Å². The Morgan fingerprint density at radius 3 is 2.38 bits per heavy atom. The molecule has 21 heavy (non-hydrogen) atoms. The maximum atomic E-state index is 11.8. The molecular formula is C12H19NO6S2. The molecule has 0 atom stereocenters. The van der Waals surface area contributed by atoms with Crippen molar-refractivity contribution < 1.29 is 26.7 Å². The molecule has 0 saturated carbocycles. The van der Waals surface area contributed by atoms with Crippen LogP contribution in [0.3, 0.4) is 0 Å². The van der Waals surface area contributed by atoms with Crippen molar-refractivity contribution in [3.05, 3.63) is 23.8 Å². The predicted molar refractivity (Wildman–Crippen MR) is 80.7 cm³/mol. The van der Waals surface area contributed by atoms with Crippen molar-refractivity contribution in [1.82, 2.24) is 0 Å². The molecule has 0 aromatic heterocycles. The highest BCUT2D eigenvalue weighted by molar-refractivity contribution is 7.95. The van der Waals surface area contributed by atoms with Crippen molar-refractivity contribution in [2.75, 3.05) is 29.1 Å². The second-order valence-corrected chi connectivity index (χ2v) is 8.57. The quantitative estimate of drug-likeness (QED) is 0.709. The van der Waals surface area contributed by atoms with Crippen LogP contribution >= 0.6 is 0 Å². The van der Waals surface area contributed by atoms with E-state index in [0.717, 1.165) is 6.26 Å². The average molecular weight is 337 g/mol. The highest BCUT2D eigenvalue weighted by Gasteiger charge is 2.15. The molecular weight excluding hydrogens is 318 g/mol. The Balaban J connectivity index is 2.87. The molecule has 0 aliphatic carbocycles. The maximum absolute atomic E-state index is 11.8. The Bertz CT molecular complexity index is 682. The molecule has 120 valence electrons. The number of ether oxygens (including phenoxy) is 1. The molecule has 0 amide bonds. The summed E-state index contributed by atoms with van der Waals surface area (Å²) in [6.07, 6.45) is 0.975. The fourth-order valence-corrected chi connectivity index (χ4v) is 4.23. The number of nitrogens with one attached hydrogen (secondary N) is 1. The summed E-state index contributed by atoms with van der Waals surface area (Å²) in [5.74, 6) is -0.501. The first-order valence-electron chi connectivity index (χ1n) is 6.21. The van der Waals surface area contributed by atoms with E-state index in [1.165, 1.54) is 12.1 Å². The van der Waals surface area contributed by atoms with Crippen LogP contribution in [-0.2, 0) is 26.5 Å². The van der Waals surface area contributed by atoms with Crippen molar-refractivity contribution in [3.8, 4) is 5.75 Å². The molecule has 0 unspecified atom stereocenters. The highest BCUT2D eigenvalue weighted by Crippen LogP contribution is 2.23. The second kappa shape index (κ2) is 7.10. The van der Waals surface area contributed by atoms with Crippen LogP contribution in [0.5, 0.6) is 5.75 Å². The monoisotopic (exact) mass is 337 g/mol. The predicted octanol–water partition coefficient (Wildman–Crippen LogP) is 0.364. The smallest absolute Gasteiger partial charge is 0.233 e. The van der Waals surface area contributed by atoms with Crippen LogP contribution in [-0.4, -0.2) is 46.3 Å².